The predicted molar refractivity (Wildman–Crippen MR) is 106 cm³/mol. The third kappa shape index (κ3) is 3.64. The molecule has 150 valence electrons. The third-order valence-corrected chi connectivity index (χ3v) is 6.46. The summed E-state index contributed by atoms with van der Waals surface area (Å²) in [4.78, 5) is 24.6. The van der Waals surface area contributed by atoms with E-state index in [1.165, 1.54) is 18.2 Å². The molecule has 0 aliphatic rings. The number of aliphatic hydroxyl groups is 1. The van der Waals surface area contributed by atoms with Gasteiger partial charge < -0.3 is 14.8 Å². The summed E-state index contributed by atoms with van der Waals surface area (Å²) in [5, 5.41) is 11.6. The lowest BCUT2D eigenvalue weighted by Crippen LogP contribution is -2.24. The molecule has 1 amide bonds. The SMILES string of the molecule is O=C(Cn1c(=O)oc2cc(S(=O)(=O)CCO)ccc21)Nc1cccc2nsnc12. The number of carbonyl (C=O) groups excluding carboxylic acids is 1. The van der Waals surface area contributed by atoms with Gasteiger partial charge in [-0.05, 0) is 24.3 Å². The highest BCUT2D eigenvalue weighted by atomic mass is 32.2. The Hall–Kier alpha value is -3.09. The summed E-state index contributed by atoms with van der Waals surface area (Å²) in [5.41, 5.74) is 1.98. The van der Waals surface area contributed by atoms with Crippen molar-refractivity contribution in [3.05, 3.63) is 46.9 Å². The number of hydrogen-bond acceptors (Lipinski definition) is 9. The summed E-state index contributed by atoms with van der Waals surface area (Å²) in [7, 11) is -3.70. The van der Waals surface area contributed by atoms with Crippen molar-refractivity contribution in [3.8, 4) is 0 Å². The quantitative estimate of drug-likeness (QED) is 0.457. The lowest BCUT2D eigenvalue weighted by atomic mass is 10.2. The molecule has 2 aromatic heterocycles. The van der Waals surface area contributed by atoms with Gasteiger partial charge in [0.15, 0.2) is 15.4 Å². The molecule has 0 unspecified atom stereocenters. The lowest BCUT2D eigenvalue weighted by Gasteiger charge is -2.06. The van der Waals surface area contributed by atoms with Gasteiger partial charge >= 0.3 is 5.76 Å². The van der Waals surface area contributed by atoms with E-state index in [0.717, 1.165) is 16.3 Å². The van der Waals surface area contributed by atoms with E-state index in [1.54, 1.807) is 18.2 Å². The Morgan fingerprint density at radius 3 is 2.86 bits per heavy atom. The Balaban J connectivity index is 1.62. The van der Waals surface area contributed by atoms with Gasteiger partial charge in [-0.3, -0.25) is 9.36 Å². The highest BCUT2D eigenvalue weighted by Crippen LogP contribution is 2.22. The number of anilines is 1. The molecule has 4 rings (SSSR count). The number of nitrogens with zero attached hydrogens (tertiary/aromatic N) is 3. The molecule has 2 heterocycles. The van der Waals surface area contributed by atoms with Crippen LogP contribution in [0.25, 0.3) is 22.1 Å². The second kappa shape index (κ2) is 7.39. The normalized spacial score (nSPS) is 11.9. The molecule has 0 bridgehead atoms. The summed E-state index contributed by atoms with van der Waals surface area (Å²) in [6, 6.07) is 9.08. The van der Waals surface area contributed by atoms with Crippen molar-refractivity contribution in [3.63, 3.8) is 0 Å². The second-order valence-corrected chi connectivity index (χ2v) is 8.75. The number of oxazole rings is 1. The summed E-state index contributed by atoms with van der Waals surface area (Å²) >= 11 is 1.02. The maximum atomic E-state index is 12.5. The van der Waals surface area contributed by atoms with E-state index in [-0.39, 0.29) is 22.5 Å². The van der Waals surface area contributed by atoms with Crippen molar-refractivity contribution < 1.29 is 22.7 Å². The van der Waals surface area contributed by atoms with Crippen molar-refractivity contribution in [1.29, 1.82) is 0 Å². The van der Waals surface area contributed by atoms with E-state index in [0.29, 0.717) is 16.7 Å². The fraction of sp³-hybridized carbons (Fsp3) is 0.176. The number of fused-ring (bicyclic) bond motifs is 2. The van der Waals surface area contributed by atoms with Gasteiger partial charge in [-0.2, -0.15) is 8.75 Å². The molecule has 2 N–H and O–H groups in total. The van der Waals surface area contributed by atoms with Crippen molar-refractivity contribution >= 4 is 55.3 Å². The Morgan fingerprint density at radius 1 is 1.24 bits per heavy atom. The summed E-state index contributed by atoms with van der Waals surface area (Å²) < 4.78 is 38.6. The first-order valence-corrected chi connectivity index (χ1v) is 10.8. The fourth-order valence-electron chi connectivity index (χ4n) is 2.87. The van der Waals surface area contributed by atoms with Crippen molar-refractivity contribution in [2.24, 2.45) is 0 Å². The van der Waals surface area contributed by atoms with Crippen LogP contribution in [0.4, 0.5) is 5.69 Å². The van der Waals surface area contributed by atoms with E-state index in [4.69, 9.17) is 9.52 Å². The number of nitrogens with one attached hydrogen (secondary N) is 1. The molecule has 0 saturated heterocycles. The fourth-order valence-corrected chi connectivity index (χ4v) is 4.46. The van der Waals surface area contributed by atoms with Crippen LogP contribution in [0.3, 0.4) is 0 Å². The molecular weight excluding hydrogens is 420 g/mol. The number of aromatic nitrogens is 3. The third-order valence-electron chi connectivity index (χ3n) is 4.22. The first kappa shape index (κ1) is 19.2. The Bertz CT molecular complexity index is 1390. The van der Waals surface area contributed by atoms with E-state index < -0.39 is 33.9 Å². The van der Waals surface area contributed by atoms with E-state index in [1.807, 2.05) is 0 Å². The molecule has 0 fully saturated rings. The average molecular weight is 434 g/mol. The van der Waals surface area contributed by atoms with Gasteiger partial charge in [0.1, 0.15) is 17.6 Å². The van der Waals surface area contributed by atoms with E-state index in [9.17, 15) is 18.0 Å². The zero-order valence-electron chi connectivity index (χ0n) is 14.7. The highest BCUT2D eigenvalue weighted by Gasteiger charge is 2.19. The van der Waals surface area contributed by atoms with Crippen LogP contribution in [0.15, 0.2) is 50.5 Å². The Kier molecular flexibility index (Phi) is 4.90. The molecule has 0 aliphatic carbocycles. The summed E-state index contributed by atoms with van der Waals surface area (Å²) in [6.07, 6.45) is 0. The molecule has 0 radical (unpaired) electrons. The zero-order valence-corrected chi connectivity index (χ0v) is 16.4. The molecule has 29 heavy (non-hydrogen) atoms. The number of benzene rings is 2. The average Bonchev–Trinajstić information content (AvgIpc) is 3.27. The van der Waals surface area contributed by atoms with Gasteiger partial charge in [0, 0.05) is 6.07 Å². The smallest absolute Gasteiger partial charge is 0.408 e. The van der Waals surface area contributed by atoms with E-state index in [2.05, 4.69) is 14.1 Å². The van der Waals surface area contributed by atoms with Crippen LogP contribution >= 0.6 is 11.7 Å². The van der Waals surface area contributed by atoms with Crippen LogP contribution in [0, 0.1) is 0 Å². The van der Waals surface area contributed by atoms with Crippen LogP contribution in [0.2, 0.25) is 0 Å². The van der Waals surface area contributed by atoms with Crippen molar-refractivity contribution in [2.45, 2.75) is 11.4 Å². The number of amides is 1. The maximum Gasteiger partial charge on any atom is 0.420 e. The molecule has 0 spiro atoms. The van der Waals surface area contributed by atoms with Gasteiger partial charge in [0.25, 0.3) is 0 Å². The minimum absolute atomic E-state index is 0.0348. The number of sulfone groups is 1. The second-order valence-electron chi connectivity index (χ2n) is 6.11. The van der Waals surface area contributed by atoms with Crippen LogP contribution in [0.5, 0.6) is 0 Å². The largest absolute Gasteiger partial charge is 0.420 e. The monoisotopic (exact) mass is 434 g/mol. The summed E-state index contributed by atoms with van der Waals surface area (Å²) in [6.45, 7) is -0.852. The Morgan fingerprint density at radius 2 is 2.07 bits per heavy atom. The molecule has 0 aliphatic heterocycles. The first-order valence-electron chi connectivity index (χ1n) is 8.37. The van der Waals surface area contributed by atoms with Crippen LogP contribution < -0.4 is 11.1 Å². The lowest BCUT2D eigenvalue weighted by molar-refractivity contribution is -0.116. The Labute approximate surface area is 167 Å². The molecule has 0 saturated carbocycles. The van der Waals surface area contributed by atoms with Crippen LogP contribution in [0.1, 0.15) is 0 Å². The minimum atomic E-state index is -3.70. The molecule has 10 nitrogen and oxygen atoms in total. The van der Waals surface area contributed by atoms with Crippen LogP contribution in [-0.4, -0.2) is 45.1 Å². The van der Waals surface area contributed by atoms with Crippen molar-refractivity contribution in [1.82, 2.24) is 13.3 Å². The number of rotatable bonds is 6. The number of aliphatic hydroxyl groups excluding tert-OH is 1. The topological polar surface area (TPSA) is 144 Å². The standard InChI is InChI=1S/C17H14N4O6S2/c22-6-7-29(25,26)10-4-5-13-14(8-10)27-17(24)21(13)9-15(23)18-11-2-1-3-12-16(11)20-28-19-12/h1-5,8,22H,6-7,9H2,(H,18,23). The van der Waals surface area contributed by atoms with Gasteiger partial charge in [-0.1, -0.05) is 6.07 Å². The highest BCUT2D eigenvalue weighted by molar-refractivity contribution is 7.91. The van der Waals surface area contributed by atoms with E-state index >= 15 is 0 Å². The van der Waals surface area contributed by atoms with Gasteiger partial charge in [0.2, 0.25) is 5.91 Å². The molecule has 0 atom stereocenters. The van der Waals surface area contributed by atoms with Gasteiger partial charge in [-0.25, -0.2) is 13.2 Å². The van der Waals surface area contributed by atoms with Gasteiger partial charge in [0.05, 0.1) is 40.2 Å². The number of carbonyl (C=O) groups is 1. The predicted octanol–water partition coefficient (Wildman–Crippen LogP) is 1.00. The maximum absolute atomic E-state index is 12.5. The minimum Gasteiger partial charge on any atom is -0.408 e. The number of hydrogen-bond donors (Lipinski definition) is 2. The summed E-state index contributed by atoms with van der Waals surface area (Å²) in [5.74, 6) is -1.71. The molecule has 4 aromatic rings. The molecule has 12 heteroatoms. The zero-order chi connectivity index (χ0) is 20.6. The molecular formula is C17H14N4O6S2. The van der Waals surface area contributed by atoms with Crippen molar-refractivity contribution in [2.75, 3.05) is 17.7 Å². The molecule has 2 aromatic carbocycles. The first-order chi connectivity index (χ1) is 13.9. The van der Waals surface area contributed by atoms with Gasteiger partial charge in [-0.15, -0.1) is 0 Å². The van der Waals surface area contributed by atoms with Crippen LogP contribution in [-0.2, 0) is 21.2 Å².